The van der Waals surface area contributed by atoms with E-state index in [-0.39, 0.29) is 17.6 Å². The molecule has 0 fully saturated rings. The first-order chi connectivity index (χ1) is 6.56. The number of benzene rings is 1. The average Bonchev–Trinajstić information content (AvgIpc) is 2.11. The molecule has 0 aliphatic heterocycles. The van der Waals surface area contributed by atoms with Crippen molar-refractivity contribution in [1.29, 1.82) is 0 Å². The summed E-state index contributed by atoms with van der Waals surface area (Å²) >= 11 is 0. The molecule has 0 spiro atoms. The molecule has 2 N–H and O–H groups in total. The fourth-order valence-corrected chi connectivity index (χ4v) is 1.44. The van der Waals surface area contributed by atoms with Crippen LogP contribution in [0, 0.1) is 18.6 Å². The maximum atomic E-state index is 13.4. The minimum absolute atomic E-state index is 0.0323. The zero-order valence-corrected chi connectivity index (χ0v) is 8.48. The highest BCUT2D eigenvalue weighted by Gasteiger charge is 2.12. The summed E-state index contributed by atoms with van der Waals surface area (Å²) in [6.45, 7) is 3.88. The van der Waals surface area contributed by atoms with Gasteiger partial charge in [-0.15, -0.1) is 0 Å². The zero-order chi connectivity index (χ0) is 10.7. The van der Waals surface area contributed by atoms with Crippen molar-refractivity contribution in [2.45, 2.75) is 26.2 Å². The van der Waals surface area contributed by atoms with Gasteiger partial charge in [0.25, 0.3) is 0 Å². The first-order valence-corrected chi connectivity index (χ1v) is 4.72. The molecule has 1 nitrogen and oxygen atoms in total. The maximum Gasteiger partial charge on any atom is 0.127 e. The molecule has 0 heterocycles. The quantitative estimate of drug-likeness (QED) is 0.795. The molecule has 0 saturated carbocycles. The molecule has 1 rings (SSSR count). The van der Waals surface area contributed by atoms with Gasteiger partial charge in [-0.05, 0) is 49.1 Å². The van der Waals surface area contributed by atoms with E-state index in [9.17, 15) is 8.78 Å². The van der Waals surface area contributed by atoms with Crippen molar-refractivity contribution in [3.8, 4) is 0 Å². The van der Waals surface area contributed by atoms with Crippen molar-refractivity contribution in [2.75, 3.05) is 6.54 Å². The maximum absolute atomic E-state index is 13.4. The van der Waals surface area contributed by atoms with Crippen molar-refractivity contribution >= 4 is 0 Å². The highest BCUT2D eigenvalue weighted by atomic mass is 19.1. The molecule has 0 bridgehead atoms. The van der Waals surface area contributed by atoms with E-state index in [2.05, 4.69) is 0 Å². The third kappa shape index (κ3) is 2.29. The standard InChI is InChI=1S/C11H15F2N/c1-7(3-4-14)9-6-10(12)8(2)5-11(9)13/h5-7H,3-4,14H2,1-2H3. The molecular formula is C11H15F2N. The molecule has 0 aliphatic carbocycles. The Morgan fingerprint density at radius 1 is 1.29 bits per heavy atom. The van der Waals surface area contributed by atoms with Crippen LogP contribution in [-0.4, -0.2) is 6.54 Å². The summed E-state index contributed by atoms with van der Waals surface area (Å²) in [5.74, 6) is -0.731. The number of halogens is 2. The van der Waals surface area contributed by atoms with E-state index in [4.69, 9.17) is 5.73 Å². The molecule has 0 radical (unpaired) electrons. The summed E-state index contributed by atoms with van der Waals surface area (Å²) in [5.41, 5.74) is 6.12. The van der Waals surface area contributed by atoms with E-state index in [1.54, 1.807) is 6.92 Å². The Labute approximate surface area is 82.9 Å². The van der Waals surface area contributed by atoms with Crippen molar-refractivity contribution in [3.05, 3.63) is 34.9 Å². The third-order valence-corrected chi connectivity index (χ3v) is 2.41. The van der Waals surface area contributed by atoms with E-state index >= 15 is 0 Å². The van der Waals surface area contributed by atoms with E-state index in [1.165, 1.54) is 12.1 Å². The third-order valence-electron chi connectivity index (χ3n) is 2.41. The lowest BCUT2D eigenvalue weighted by atomic mass is 9.96. The summed E-state index contributed by atoms with van der Waals surface area (Å²) in [6, 6.07) is 2.50. The van der Waals surface area contributed by atoms with E-state index in [1.807, 2.05) is 6.92 Å². The van der Waals surface area contributed by atoms with Crippen molar-refractivity contribution in [1.82, 2.24) is 0 Å². The Balaban J connectivity index is 3.02. The van der Waals surface area contributed by atoms with Crippen molar-refractivity contribution in [2.24, 2.45) is 5.73 Å². The lowest BCUT2D eigenvalue weighted by Gasteiger charge is -2.12. The van der Waals surface area contributed by atoms with Crippen LogP contribution < -0.4 is 5.73 Å². The number of hydrogen-bond acceptors (Lipinski definition) is 1. The molecule has 1 aromatic rings. The number of nitrogens with two attached hydrogens (primary N) is 1. The van der Waals surface area contributed by atoms with Gasteiger partial charge in [0.2, 0.25) is 0 Å². The number of rotatable bonds is 3. The van der Waals surface area contributed by atoms with Crippen LogP contribution in [0.15, 0.2) is 12.1 Å². The first-order valence-electron chi connectivity index (χ1n) is 4.72. The fraction of sp³-hybridized carbons (Fsp3) is 0.455. The van der Waals surface area contributed by atoms with Gasteiger partial charge in [0.05, 0.1) is 0 Å². The van der Waals surface area contributed by atoms with Gasteiger partial charge in [0, 0.05) is 0 Å². The van der Waals surface area contributed by atoms with Crippen LogP contribution in [0.3, 0.4) is 0 Å². The number of aryl methyl sites for hydroxylation is 1. The van der Waals surface area contributed by atoms with Crippen LogP contribution in [-0.2, 0) is 0 Å². The average molecular weight is 199 g/mol. The largest absolute Gasteiger partial charge is 0.330 e. The monoisotopic (exact) mass is 199 g/mol. The van der Waals surface area contributed by atoms with Gasteiger partial charge in [-0.3, -0.25) is 0 Å². The zero-order valence-electron chi connectivity index (χ0n) is 8.48. The van der Waals surface area contributed by atoms with Crippen molar-refractivity contribution < 1.29 is 8.78 Å². The predicted molar refractivity (Wildman–Crippen MR) is 53.2 cm³/mol. The van der Waals surface area contributed by atoms with Crippen LogP contribution in [0.4, 0.5) is 8.78 Å². The Morgan fingerprint density at radius 3 is 2.50 bits per heavy atom. The first kappa shape index (κ1) is 11.1. The van der Waals surface area contributed by atoms with Crippen LogP contribution in [0.2, 0.25) is 0 Å². The molecule has 78 valence electrons. The van der Waals surface area contributed by atoms with Crippen LogP contribution in [0.5, 0.6) is 0 Å². The summed E-state index contributed by atoms with van der Waals surface area (Å²) in [7, 11) is 0. The smallest absolute Gasteiger partial charge is 0.127 e. The van der Waals surface area contributed by atoms with Gasteiger partial charge in [0.1, 0.15) is 11.6 Å². The molecular weight excluding hydrogens is 184 g/mol. The molecule has 0 saturated heterocycles. The molecule has 1 unspecified atom stereocenters. The van der Waals surface area contributed by atoms with E-state index < -0.39 is 0 Å². The summed E-state index contributed by atoms with van der Waals surface area (Å²) in [6.07, 6.45) is 0.666. The predicted octanol–water partition coefficient (Wildman–Crippen LogP) is 2.73. The Hall–Kier alpha value is -0.960. The molecule has 14 heavy (non-hydrogen) atoms. The SMILES string of the molecule is Cc1cc(F)c(C(C)CCN)cc1F. The highest BCUT2D eigenvalue weighted by Crippen LogP contribution is 2.24. The molecule has 1 aromatic carbocycles. The minimum Gasteiger partial charge on any atom is -0.330 e. The van der Waals surface area contributed by atoms with Gasteiger partial charge >= 0.3 is 0 Å². The Morgan fingerprint density at radius 2 is 1.93 bits per heavy atom. The fourth-order valence-electron chi connectivity index (χ4n) is 1.44. The second kappa shape index (κ2) is 4.51. The molecule has 0 aliphatic rings. The highest BCUT2D eigenvalue weighted by molar-refractivity contribution is 5.27. The lowest BCUT2D eigenvalue weighted by Crippen LogP contribution is -2.07. The van der Waals surface area contributed by atoms with Gasteiger partial charge in [-0.1, -0.05) is 6.92 Å². The summed E-state index contributed by atoms with van der Waals surface area (Å²) in [5, 5.41) is 0. The van der Waals surface area contributed by atoms with Gasteiger partial charge in [0.15, 0.2) is 0 Å². The van der Waals surface area contributed by atoms with E-state index in [0.717, 1.165) is 0 Å². The van der Waals surface area contributed by atoms with Crippen molar-refractivity contribution in [3.63, 3.8) is 0 Å². The molecule has 0 aromatic heterocycles. The lowest BCUT2D eigenvalue weighted by molar-refractivity contribution is 0.554. The van der Waals surface area contributed by atoms with E-state index in [0.29, 0.717) is 24.1 Å². The second-order valence-corrected chi connectivity index (χ2v) is 3.60. The summed E-state index contributed by atoms with van der Waals surface area (Å²) in [4.78, 5) is 0. The van der Waals surface area contributed by atoms with Crippen LogP contribution >= 0.6 is 0 Å². The second-order valence-electron chi connectivity index (χ2n) is 3.60. The number of hydrogen-bond donors (Lipinski definition) is 1. The topological polar surface area (TPSA) is 26.0 Å². The van der Waals surface area contributed by atoms with Gasteiger partial charge in [-0.25, -0.2) is 8.78 Å². The Kier molecular flexibility index (Phi) is 3.58. The molecule has 1 atom stereocenters. The van der Waals surface area contributed by atoms with Gasteiger partial charge < -0.3 is 5.73 Å². The van der Waals surface area contributed by atoms with Crippen LogP contribution in [0.1, 0.15) is 30.4 Å². The van der Waals surface area contributed by atoms with Gasteiger partial charge in [-0.2, -0.15) is 0 Å². The van der Waals surface area contributed by atoms with Crippen LogP contribution in [0.25, 0.3) is 0 Å². The summed E-state index contributed by atoms with van der Waals surface area (Å²) < 4.78 is 26.6. The minimum atomic E-state index is -0.356. The Bertz CT molecular complexity index is 323. The molecule has 0 amide bonds. The normalized spacial score (nSPS) is 12.9. The molecule has 3 heteroatoms.